The fourth-order valence-corrected chi connectivity index (χ4v) is 6.32. The van der Waals surface area contributed by atoms with E-state index in [0.717, 1.165) is 18.4 Å². The van der Waals surface area contributed by atoms with Crippen molar-refractivity contribution in [3.05, 3.63) is 47.3 Å². The molecule has 1 fully saturated rings. The SMILES string of the molecule is COCn1nc(CCS(C)(=O)=O)cc1C1CC(C)(S(=O)(=O)c2cccc(C(F)(F)F)c2)CCO1. The number of benzene rings is 1. The number of aryl methyl sites for hydroxylation is 1. The van der Waals surface area contributed by atoms with Crippen molar-refractivity contribution in [2.45, 2.75) is 54.8 Å². The largest absolute Gasteiger partial charge is 0.416 e. The molecule has 0 saturated carbocycles. The van der Waals surface area contributed by atoms with E-state index in [1.165, 1.54) is 24.8 Å². The van der Waals surface area contributed by atoms with Crippen LogP contribution in [-0.4, -0.2) is 57.1 Å². The van der Waals surface area contributed by atoms with Gasteiger partial charge in [-0.05, 0) is 44.0 Å². The highest BCUT2D eigenvalue weighted by atomic mass is 32.2. The molecule has 0 spiro atoms. The molecular weight excluding hydrogens is 497 g/mol. The van der Waals surface area contributed by atoms with Gasteiger partial charge < -0.3 is 9.47 Å². The van der Waals surface area contributed by atoms with Crippen molar-refractivity contribution in [1.82, 2.24) is 9.78 Å². The molecular formula is C21H27F3N2O6S2. The maximum absolute atomic E-state index is 13.5. The van der Waals surface area contributed by atoms with E-state index in [-0.39, 0.29) is 38.4 Å². The lowest BCUT2D eigenvalue weighted by Crippen LogP contribution is -2.42. The van der Waals surface area contributed by atoms with Crippen molar-refractivity contribution in [1.29, 1.82) is 0 Å². The number of hydrogen-bond acceptors (Lipinski definition) is 7. The van der Waals surface area contributed by atoms with Crippen molar-refractivity contribution in [2.24, 2.45) is 0 Å². The molecule has 34 heavy (non-hydrogen) atoms. The number of halogens is 3. The molecule has 8 nitrogen and oxygen atoms in total. The average Bonchev–Trinajstić information content (AvgIpc) is 3.14. The fourth-order valence-electron chi connectivity index (χ4n) is 3.91. The van der Waals surface area contributed by atoms with Crippen LogP contribution in [0.25, 0.3) is 0 Å². The number of aromatic nitrogens is 2. The van der Waals surface area contributed by atoms with E-state index in [1.807, 2.05) is 0 Å². The van der Waals surface area contributed by atoms with E-state index in [4.69, 9.17) is 9.47 Å². The minimum Gasteiger partial charge on any atom is -0.372 e. The summed E-state index contributed by atoms with van der Waals surface area (Å²) in [6.07, 6.45) is -4.04. The van der Waals surface area contributed by atoms with Crippen LogP contribution in [0.3, 0.4) is 0 Å². The van der Waals surface area contributed by atoms with Crippen LogP contribution in [0.1, 0.15) is 42.8 Å². The monoisotopic (exact) mass is 524 g/mol. The van der Waals surface area contributed by atoms with Gasteiger partial charge >= 0.3 is 6.18 Å². The van der Waals surface area contributed by atoms with Gasteiger partial charge in [-0.2, -0.15) is 18.3 Å². The Balaban J connectivity index is 1.93. The summed E-state index contributed by atoms with van der Waals surface area (Å²) in [4.78, 5) is -0.398. The van der Waals surface area contributed by atoms with Crippen LogP contribution in [0.15, 0.2) is 35.2 Å². The van der Waals surface area contributed by atoms with E-state index in [2.05, 4.69) is 5.10 Å². The van der Waals surface area contributed by atoms with E-state index in [0.29, 0.717) is 17.5 Å². The minimum atomic E-state index is -4.67. The molecule has 190 valence electrons. The molecule has 2 unspecified atom stereocenters. The molecule has 1 aliphatic rings. The summed E-state index contributed by atoms with van der Waals surface area (Å²) >= 11 is 0. The Labute approximate surface area is 196 Å². The van der Waals surface area contributed by atoms with Crippen molar-refractivity contribution in [2.75, 3.05) is 25.7 Å². The van der Waals surface area contributed by atoms with E-state index < -0.39 is 47.2 Å². The van der Waals surface area contributed by atoms with Gasteiger partial charge in [-0.3, -0.25) is 0 Å². The highest BCUT2D eigenvalue weighted by Crippen LogP contribution is 2.43. The number of sulfone groups is 2. The van der Waals surface area contributed by atoms with Gasteiger partial charge in [-0.1, -0.05) is 6.07 Å². The Bertz CT molecular complexity index is 1240. The van der Waals surface area contributed by atoms with Crippen molar-refractivity contribution in [3.8, 4) is 0 Å². The van der Waals surface area contributed by atoms with Crippen LogP contribution in [0.5, 0.6) is 0 Å². The molecule has 1 aliphatic heterocycles. The number of alkyl halides is 3. The zero-order chi connectivity index (χ0) is 25.4. The van der Waals surface area contributed by atoms with Crippen molar-refractivity contribution < 1.29 is 39.5 Å². The second-order valence-corrected chi connectivity index (χ2v) is 13.4. The Morgan fingerprint density at radius 3 is 2.56 bits per heavy atom. The first-order valence-electron chi connectivity index (χ1n) is 10.4. The lowest BCUT2D eigenvalue weighted by molar-refractivity contribution is -0.137. The second kappa shape index (κ2) is 9.59. The van der Waals surface area contributed by atoms with Crippen molar-refractivity contribution >= 4 is 19.7 Å². The van der Waals surface area contributed by atoms with Gasteiger partial charge in [0.25, 0.3) is 0 Å². The summed E-state index contributed by atoms with van der Waals surface area (Å²) in [6, 6.07) is 5.38. The van der Waals surface area contributed by atoms with Gasteiger partial charge in [-0.15, -0.1) is 0 Å². The molecule has 0 aliphatic carbocycles. The third-order valence-electron chi connectivity index (χ3n) is 5.86. The van der Waals surface area contributed by atoms with Crippen LogP contribution in [0, 0.1) is 0 Å². The Hall–Kier alpha value is -1.96. The summed E-state index contributed by atoms with van der Waals surface area (Å²) < 4.78 is 101. The molecule has 3 rings (SSSR count). The second-order valence-electron chi connectivity index (χ2n) is 8.65. The van der Waals surface area contributed by atoms with Gasteiger partial charge in [0, 0.05) is 26.4 Å². The zero-order valence-electron chi connectivity index (χ0n) is 19.0. The topological polar surface area (TPSA) is 105 Å². The van der Waals surface area contributed by atoms with Gasteiger partial charge in [-0.25, -0.2) is 21.5 Å². The van der Waals surface area contributed by atoms with Gasteiger partial charge in [0.05, 0.1) is 32.3 Å². The molecule has 2 heterocycles. The summed E-state index contributed by atoms with van der Waals surface area (Å²) in [7, 11) is -5.92. The Kier molecular flexibility index (Phi) is 7.52. The normalized spacial score (nSPS) is 22.1. The fraction of sp³-hybridized carbons (Fsp3) is 0.571. The molecule has 0 bridgehead atoms. The Morgan fingerprint density at radius 2 is 1.94 bits per heavy atom. The molecule has 1 saturated heterocycles. The summed E-state index contributed by atoms with van der Waals surface area (Å²) in [5.74, 6) is -0.108. The highest BCUT2D eigenvalue weighted by molar-refractivity contribution is 7.92. The lowest BCUT2D eigenvalue weighted by atomic mass is 9.94. The summed E-state index contributed by atoms with van der Waals surface area (Å²) in [5, 5.41) is 4.36. The third kappa shape index (κ3) is 5.81. The van der Waals surface area contributed by atoms with Gasteiger partial charge in [0.15, 0.2) is 9.84 Å². The number of ether oxygens (including phenoxy) is 2. The number of hydrogen-bond donors (Lipinski definition) is 0. The van der Waals surface area contributed by atoms with E-state index >= 15 is 0 Å². The van der Waals surface area contributed by atoms with Crippen LogP contribution in [-0.2, 0) is 48.5 Å². The maximum Gasteiger partial charge on any atom is 0.416 e. The quantitative estimate of drug-likeness (QED) is 0.522. The molecule has 0 N–H and O–H groups in total. The molecule has 1 aromatic heterocycles. The van der Waals surface area contributed by atoms with Gasteiger partial charge in [0.2, 0.25) is 0 Å². The molecule has 1 aromatic carbocycles. The zero-order valence-corrected chi connectivity index (χ0v) is 20.6. The molecule has 0 radical (unpaired) electrons. The summed E-state index contributed by atoms with van der Waals surface area (Å²) in [5.41, 5.74) is -0.0425. The lowest BCUT2D eigenvalue weighted by Gasteiger charge is -2.37. The first kappa shape index (κ1) is 26.6. The Morgan fingerprint density at radius 1 is 1.24 bits per heavy atom. The highest BCUT2D eigenvalue weighted by Gasteiger charge is 2.46. The maximum atomic E-state index is 13.5. The first-order valence-corrected chi connectivity index (χ1v) is 14.0. The van der Waals surface area contributed by atoms with Crippen molar-refractivity contribution in [3.63, 3.8) is 0 Å². The predicted molar refractivity (Wildman–Crippen MR) is 118 cm³/mol. The van der Waals surface area contributed by atoms with Crippen LogP contribution in [0.4, 0.5) is 13.2 Å². The van der Waals surface area contributed by atoms with Gasteiger partial charge in [0.1, 0.15) is 22.7 Å². The smallest absolute Gasteiger partial charge is 0.372 e. The van der Waals surface area contributed by atoms with Crippen LogP contribution >= 0.6 is 0 Å². The predicted octanol–water partition coefficient (Wildman–Crippen LogP) is 3.18. The number of rotatable bonds is 8. The standard InChI is InChI=1S/C21H27F3N2O6S2/c1-20(34(29,30)17-6-4-5-15(11-17)21(22,23)24)8-9-32-19(13-20)18-12-16(7-10-33(3,27)28)25-26(18)14-31-2/h4-6,11-12,19H,7-10,13-14H2,1-3H3. The molecule has 0 amide bonds. The first-order chi connectivity index (χ1) is 15.7. The summed E-state index contributed by atoms with van der Waals surface area (Å²) in [6.45, 7) is 1.60. The molecule has 13 heteroatoms. The van der Waals surface area contributed by atoms with Crippen LogP contribution in [0.2, 0.25) is 0 Å². The minimum absolute atomic E-state index is 0.0213. The third-order valence-corrected chi connectivity index (χ3v) is 9.35. The number of nitrogens with zero attached hydrogens (tertiary/aromatic N) is 2. The average molecular weight is 525 g/mol. The van der Waals surface area contributed by atoms with E-state index in [1.54, 1.807) is 6.07 Å². The molecule has 2 atom stereocenters. The molecule has 2 aromatic rings. The van der Waals surface area contributed by atoms with E-state index in [9.17, 15) is 30.0 Å². The number of methoxy groups -OCH3 is 1. The van der Waals surface area contributed by atoms with Crippen LogP contribution < -0.4 is 0 Å².